The van der Waals surface area contributed by atoms with Crippen LogP contribution in [0, 0.1) is 5.82 Å². The lowest BCUT2D eigenvalue weighted by molar-refractivity contribution is -0.131. The smallest absolute Gasteiger partial charge is 0.222 e. The minimum Gasteiger partial charge on any atom is -0.334 e. The van der Waals surface area contributed by atoms with E-state index in [9.17, 15) is 9.18 Å². The largest absolute Gasteiger partial charge is 0.334 e. The highest BCUT2D eigenvalue weighted by Crippen LogP contribution is 2.29. The number of nitrogens with zero attached hydrogens (tertiary/aromatic N) is 1. The van der Waals surface area contributed by atoms with Crippen molar-refractivity contribution in [2.45, 2.75) is 26.4 Å². The van der Waals surface area contributed by atoms with Gasteiger partial charge in [0, 0.05) is 19.5 Å². The number of benzene rings is 2. The number of carbonyl (C=O) groups excluding carboxylic acids is 1. The molecule has 0 saturated heterocycles. The number of amides is 1. The molecule has 0 fully saturated rings. The number of rotatable bonds is 2. The average molecular weight is 301 g/mol. The lowest BCUT2D eigenvalue weighted by Crippen LogP contribution is -2.23. The van der Waals surface area contributed by atoms with Gasteiger partial charge >= 0.3 is 0 Å². The summed E-state index contributed by atoms with van der Waals surface area (Å²) in [4.78, 5) is 13.7. The summed E-state index contributed by atoms with van der Waals surface area (Å²) in [6.07, 6.45) is 0.529. The first-order valence-electron chi connectivity index (χ1n) is 7.03. The quantitative estimate of drug-likeness (QED) is 0.780. The van der Waals surface area contributed by atoms with Gasteiger partial charge in [-0.05, 0) is 51.8 Å². The van der Waals surface area contributed by atoms with Crippen LogP contribution in [-0.2, 0) is 17.9 Å². The van der Waals surface area contributed by atoms with Crippen LogP contribution in [-0.4, -0.2) is 10.8 Å². The van der Waals surface area contributed by atoms with E-state index in [1.165, 1.54) is 11.6 Å². The van der Waals surface area contributed by atoms with Gasteiger partial charge in [0.1, 0.15) is 5.82 Å². The molecule has 2 aromatic carbocycles. The van der Waals surface area contributed by atoms with Crippen molar-refractivity contribution in [2.75, 3.05) is 0 Å². The van der Waals surface area contributed by atoms with Crippen molar-refractivity contribution in [1.82, 2.24) is 4.90 Å². The number of fused-ring (bicyclic) bond motifs is 1. The summed E-state index contributed by atoms with van der Waals surface area (Å²) >= 11 is 0. The molecule has 0 bridgehead atoms. The summed E-state index contributed by atoms with van der Waals surface area (Å²) in [6.45, 7) is 3.21. The van der Waals surface area contributed by atoms with Gasteiger partial charge in [-0.3, -0.25) is 4.79 Å². The standard InChI is InChI=1S/C17H17FNOP/c1-2-17(20)19-9-12-4-3-11(5-14(12)10-19)13-6-15(18)8-16(21)7-13/h3-8H,2,9-10,21H2,1H3. The number of carbonyl (C=O) groups is 1. The molecular formula is C17H17FNOP. The average Bonchev–Trinajstić information content (AvgIpc) is 2.88. The lowest BCUT2D eigenvalue weighted by atomic mass is 10.0. The molecule has 0 aliphatic carbocycles. The topological polar surface area (TPSA) is 20.3 Å². The third kappa shape index (κ3) is 2.84. The van der Waals surface area contributed by atoms with Crippen LogP contribution in [0.2, 0.25) is 0 Å². The van der Waals surface area contributed by atoms with E-state index in [1.54, 1.807) is 6.07 Å². The van der Waals surface area contributed by atoms with Crippen LogP contribution in [0.25, 0.3) is 11.1 Å². The van der Waals surface area contributed by atoms with E-state index in [0.717, 1.165) is 22.0 Å². The molecule has 1 aliphatic heterocycles. The fraction of sp³-hybridized carbons (Fsp3) is 0.235. The maximum Gasteiger partial charge on any atom is 0.222 e. The van der Waals surface area contributed by atoms with E-state index in [1.807, 2.05) is 30.0 Å². The van der Waals surface area contributed by atoms with Gasteiger partial charge in [-0.2, -0.15) is 0 Å². The van der Waals surface area contributed by atoms with Gasteiger partial charge in [0.05, 0.1) is 0 Å². The number of halogens is 1. The minimum atomic E-state index is -0.235. The Kier molecular flexibility index (Phi) is 3.77. The van der Waals surface area contributed by atoms with Crippen LogP contribution >= 0.6 is 9.24 Å². The van der Waals surface area contributed by atoms with Gasteiger partial charge in [-0.15, -0.1) is 9.24 Å². The molecule has 4 heteroatoms. The molecule has 0 spiro atoms. The molecule has 2 aromatic rings. The Morgan fingerprint density at radius 3 is 2.62 bits per heavy atom. The summed E-state index contributed by atoms with van der Waals surface area (Å²) in [5.74, 6) is -0.0634. The SMILES string of the molecule is CCC(=O)N1Cc2ccc(-c3cc(F)cc(P)c3)cc2C1. The van der Waals surface area contributed by atoms with Gasteiger partial charge < -0.3 is 4.90 Å². The van der Waals surface area contributed by atoms with Gasteiger partial charge in [-0.1, -0.05) is 19.1 Å². The molecule has 0 saturated carbocycles. The van der Waals surface area contributed by atoms with Crippen LogP contribution in [0.3, 0.4) is 0 Å². The van der Waals surface area contributed by atoms with Gasteiger partial charge in [-0.25, -0.2) is 4.39 Å². The lowest BCUT2D eigenvalue weighted by Gasteiger charge is -2.13. The highest BCUT2D eigenvalue weighted by molar-refractivity contribution is 7.27. The fourth-order valence-electron chi connectivity index (χ4n) is 2.75. The molecule has 21 heavy (non-hydrogen) atoms. The molecular weight excluding hydrogens is 284 g/mol. The second-order valence-corrected chi connectivity index (χ2v) is 6.03. The minimum absolute atomic E-state index is 0.172. The van der Waals surface area contributed by atoms with Crippen molar-refractivity contribution in [2.24, 2.45) is 0 Å². The summed E-state index contributed by atoms with van der Waals surface area (Å²) in [5.41, 5.74) is 4.19. The predicted molar refractivity (Wildman–Crippen MR) is 85.7 cm³/mol. The van der Waals surface area contributed by atoms with Crippen molar-refractivity contribution in [3.8, 4) is 11.1 Å². The van der Waals surface area contributed by atoms with Gasteiger partial charge in [0.2, 0.25) is 5.91 Å². The highest BCUT2D eigenvalue weighted by Gasteiger charge is 2.22. The Balaban J connectivity index is 1.93. The summed E-state index contributed by atoms with van der Waals surface area (Å²) in [7, 11) is 2.52. The third-order valence-corrected chi connectivity index (χ3v) is 4.17. The van der Waals surface area contributed by atoms with Crippen LogP contribution in [0.5, 0.6) is 0 Å². The number of hydrogen-bond acceptors (Lipinski definition) is 1. The number of hydrogen-bond donors (Lipinski definition) is 0. The van der Waals surface area contributed by atoms with Crippen molar-refractivity contribution < 1.29 is 9.18 Å². The first kappa shape index (κ1) is 14.2. The maximum absolute atomic E-state index is 13.5. The molecule has 108 valence electrons. The first-order chi connectivity index (χ1) is 10.1. The predicted octanol–water partition coefficient (Wildman–Crippen LogP) is 3.25. The second kappa shape index (κ2) is 5.57. The van der Waals surface area contributed by atoms with E-state index in [2.05, 4.69) is 15.3 Å². The van der Waals surface area contributed by atoms with Gasteiger partial charge in [0.25, 0.3) is 0 Å². The molecule has 1 amide bonds. The van der Waals surface area contributed by atoms with Crippen molar-refractivity contribution in [1.29, 1.82) is 0 Å². The zero-order chi connectivity index (χ0) is 15.0. The van der Waals surface area contributed by atoms with Crippen LogP contribution < -0.4 is 5.30 Å². The Morgan fingerprint density at radius 2 is 1.90 bits per heavy atom. The molecule has 2 nitrogen and oxygen atoms in total. The first-order valence-corrected chi connectivity index (χ1v) is 7.60. The van der Waals surface area contributed by atoms with E-state index in [-0.39, 0.29) is 11.7 Å². The molecule has 1 aliphatic rings. The molecule has 0 N–H and O–H groups in total. The second-order valence-electron chi connectivity index (χ2n) is 5.36. The Morgan fingerprint density at radius 1 is 1.14 bits per heavy atom. The molecule has 1 heterocycles. The maximum atomic E-state index is 13.5. The zero-order valence-corrected chi connectivity index (χ0v) is 13.1. The fourth-order valence-corrected chi connectivity index (χ4v) is 3.09. The third-order valence-electron chi connectivity index (χ3n) is 3.84. The van der Waals surface area contributed by atoms with Gasteiger partial charge in [0.15, 0.2) is 0 Å². The van der Waals surface area contributed by atoms with Crippen molar-refractivity contribution >= 4 is 20.5 Å². The zero-order valence-electron chi connectivity index (χ0n) is 11.9. The van der Waals surface area contributed by atoms with Crippen LogP contribution in [0.15, 0.2) is 36.4 Å². The Bertz CT molecular complexity index is 694. The molecule has 1 unspecified atom stereocenters. The monoisotopic (exact) mass is 301 g/mol. The van der Waals surface area contributed by atoms with E-state index in [4.69, 9.17) is 0 Å². The molecule has 3 rings (SSSR count). The Labute approximate surface area is 126 Å². The molecule has 0 radical (unpaired) electrons. The van der Waals surface area contributed by atoms with Crippen molar-refractivity contribution in [3.05, 3.63) is 53.3 Å². The van der Waals surface area contributed by atoms with E-state index < -0.39 is 0 Å². The Hall–Kier alpha value is -1.73. The van der Waals surface area contributed by atoms with Crippen LogP contribution in [0.1, 0.15) is 24.5 Å². The molecule has 0 aromatic heterocycles. The van der Waals surface area contributed by atoms with Crippen LogP contribution in [0.4, 0.5) is 4.39 Å². The van der Waals surface area contributed by atoms with Crippen molar-refractivity contribution in [3.63, 3.8) is 0 Å². The highest BCUT2D eigenvalue weighted by atomic mass is 31.0. The van der Waals surface area contributed by atoms with E-state index >= 15 is 0 Å². The normalized spacial score (nSPS) is 13.4. The summed E-state index contributed by atoms with van der Waals surface area (Å²) in [6, 6.07) is 11.1. The summed E-state index contributed by atoms with van der Waals surface area (Å²) < 4.78 is 13.5. The summed E-state index contributed by atoms with van der Waals surface area (Å²) in [5, 5.41) is 0.827. The van der Waals surface area contributed by atoms with E-state index in [0.29, 0.717) is 19.5 Å². The molecule has 1 atom stereocenters.